The highest BCUT2D eigenvalue weighted by Crippen LogP contribution is 2.18. The van der Waals surface area contributed by atoms with Crippen LogP contribution in [0.15, 0.2) is 6.07 Å². The molecule has 0 N–H and O–H groups in total. The topological polar surface area (TPSA) is 44.2 Å². The van der Waals surface area contributed by atoms with Crippen molar-refractivity contribution in [3.05, 3.63) is 17.0 Å². The summed E-state index contributed by atoms with van der Waals surface area (Å²) in [6.45, 7) is 6.15. The molecule has 5 heteroatoms. The molecule has 15 heavy (non-hydrogen) atoms. The van der Waals surface area contributed by atoms with Gasteiger partial charge in [0, 0.05) is 13.2 Å². The average Bonchev–Trinajstić information content (AvgIpc) is 1.99. The Labute approximate surface area is 94.6 Å². The second-order valence-corrected chi connectivity index (χ2v) is 4.48. The van der Waals surface area contributed by atoms with E-state index in [0.717, 1.165) is 0 Å². The van der Waals surface area contributed by atoms with Crippen molar-refractivity contribution in [1.82, 2.24) is 9.97 Å². The van der Waals surface area contributed by atoms with Crippen molar-refractivity contribution in [3.8, 4) is 5.88 Å². The fraction of sp³-hybridized carbons (Fsp3) is 0.600. The zero-order valence-corrected chi connectivity index (χ0v) is 10.1. The molecule has 0 fully saturated rings. The van der Waals surface area contributed by atoms with Gasteiger partial charge in [-0.3, -0.25) is 0 Å². The molecule has 1 aromatic rings. The Morgan fingerprint density at radius 2 is 2.00 bits per heavy atom. The number of rotatable bonds is 3. The van der Waals surface area contributed by atoms with Gasteiger partial charge in [-0.15, -0.1) is 0 Å². The molecule has 0 aromatic carbocycles. The monoisotopic (exact) mass is 230 g/mol. The molecule has 0 spiro atoms. The fourth-order valence-electron chi connectivity index (χ4n) is 1.00. The lowest BCUT2D eigenvalue weighted by molar-refractivity contribution is 0.121. The van der Waals surface area contributed by atoms with Gasteiger partial charge in [-0.05, 0) is 20.8 Å². The van der Waals surface area contributed by atoms with Crippen LogP contribution in [0.3, 0.4) is 0 Å². The lowest BCUT2D eigenvalue weighted by atomic mass is 10.2. The van der Waals surface area contributed by atoms with Crippen molar-refractivity contribution in [3.63, 3.8) is 0 Å². The summed E-state index contributed by atoms with van der Waals surface area (Å²) in [7, 11) is 1.58. The molecule has 1 heterocycles. The maximum absolute atomic E-state index is 5.83. The van der Waals surface area contributed by atoms with E-state index in [1.54, 1.807) is 13.2 Å². The molecule has 0 saturated heterocycles. The number of aromatic nitrogens is 2. The predicted octanol–water partition coefficient (Wildman–Crippen LogP) is 2.45. The lowest BCUT2D eigenvalue weighted by Crippen LogP contribution is -2.23. The second-order valence-electron chi connectivity index (χ2n) is 4.09. The molecule has 0 bridgehead atoms. The van der Waals surface area contributed by atoms with Crippen LogP contribution in [0.25, 0.3) is 0 Å². The van der Waals surface area contributed by atoms with Gasteiger partial charge in [0.15, 0.2) is 5.82 Å². The maximum atomic E-state index is 5.83. The SMILES string of the molecule is COCc1nc(Cl)cc(OC(C)(C)C)n1. The molecule has 0 aliphatic carbocycles. The Bertz CT molecular complexity index is 337. The zero-order valence-electron chi connectivity index (χ0n) is 9.37. The summed E-state index contributed by atoms with van der Waals surface area (Å²) in [6.07, 6.45) is 0. The van der Waals surface area contributed by atoms with Gasteiger partial charge in [-0.2, -0.15) is 4.98 Å². The van der Waals surface area contributed by atoms with Crippen molar-refractivity contribution in [2.45, 2.75) is 33.0 Å². The Balaban J connectivity index is 2.88. The van der Waals surface area contributed by atoms with E-state index in [-0.39, 0.29) is 5.60 Å². The van der Waals surface area contributed by atoms with E-state index in [4.69, 9.17) is 21.1 Å². The van der Waals surface area contributed by atoms with Crippen LogP contribution in [-0.2, 0) is 11.3 Å². The van der Waals surface area contributed by atoms with Crippen LogP contribution >= 0.6 is 11.6 Å². The van der Waals surface area contributed by atoms with Gasteiger partial charge < -0.3 is 9.47 Å². The van der Waals surface area contributed by atoms with E-state index in [0.29, 0.717) is 23.5 Å². The largest absolute Gasteiger partial charge is 0.472 e. The van der Waals surface area contributed by atoms with Crippen molar-refractivity contribution in [2.75, 3.05) is 7.11 Å². The molecule has 1 aromatic heterocycles. The number of ether oxygens (including phenoxy) is 2. The first-order chi connectivity index (χ1) is 6.90. The molecule has 0 aliphatic rings. The smallest absolute Gasteiger partial charge is 0.218 e. The molecule has 84 valence electrons. The van der Waals surface area contributed by atoms with Crippen LogP contribution in [0.5, 0.6) is 5.88 Å². The number of nitrogens with zero attached hydrogens (tertiary/aromatic N) is 2. The first kappa shape index (κ1) is 12.2. The summed E-state index contributed by atoms with van der Waals surface area (Å²) in [5.41, 5.74) is -0.304. The second kappa shape index (κ2) is 4.77. The Hall–Kier alpha value is -0.870. The summed E-state index contributed by atoms with van der Waals surface area (Å²) in [5, 5.41) is 0.358. The predicted molar refractivity (Wildman–Crippen MR) is 58.1 cm³/mol. The molecule has 0 aliphatic heterocycles. The first-order valence-corrected chi connectivity index (χ1v) is 5.00. The summed E-state index contributed by atoms with van der Waals surface area (Å²) in [5.74, 6) is 0.985. The van der Waals surface area contributed by atoms with Crippen molar-refractivity contribution < 1.29 is 9.47 Å². The Kier molecular flexibility index (Phi) is 3.88. The van der Waals surface area contributed by atoms with E-state index in [2.05, 4.69) is 9.97 Å². The Morgan fingerprint density at radius 1 is 1.33 bits per heavy atom. The molecule has 0 atom stereocenters. The van der Waals surface area contributed by atoms with Crippen LogP contribution < -0.4 is 4.74 Å². The number of hydrogen-bond donors (Lipinski definition) is 0. The summed E-state index contributed by atoms with van der Waals surface area (Å²) >= 11 is 5.83. The standard InChI is InChI=1S/C10H15ClN2O2/c1-10(2,3)15-9-5-7(11)12-8(13-9)6-14-4/h5H,6H2,1-4H3. The third kappa shape index (κ3) is 4.44. The Morgan fingerprint density at radius 3 is 2.53 bits per heavy atom. The highest BCUT2D eigenvalue weighted by atomic mass is 35.5. The first-order valence-electron chi connectivity index (χ1n) is 4.62. The minimum Gasteiger partial charge on any atom is -0.472 e. The summed E-state index contributed by atoms with van der Waals surface area (Å²) in [4.78, 5) is 8.17. The van der Waals surface area contributed by atoms with E-state index in [1.807, 2.05) is 20.8 Å². The highest BCUT2D eigenvalue weighted by molar-refractivity contribution is 6.29. The van der Waals surface area contributed by atoms with Crippen LogP contribution in [-0.4, -0.2) is 22.7 Å². The molecular formula is C10H15ClN2O2. The van der Waals surface area contributed by atoms with Gasteiger partial charge in [0.05, 0.1) is 0 Å². The molecule has 0 unspecified atom stereocenters. The quantitative estimate of drug-likeness (QED) is 0.749. The van der Waals surface area contributed by atoms with Crippen molar-refractivity contribution in [1.29, 1.82) is 0 Å². The van der Waals surface area contributed by atoms with Gasteiger partial charge >= 0.3 is 0 Å². The average molecular weight is 231 g/mol. The van der Waals surface area contributed by atoms with E-state index in [1.165, 1.54) is 0 Å². The van der Waals surface area contributed by atoms with Crippen LogP contribution in [0, 0.1) is 0 Å². The normalized spacial score (nSPS) is 11.5. The van der Waals surface area contributed by atoms with E-state index < -0.39 is 0 Å². The summed E-state index contributed by atoms with van der Waals surface area (Å²) < 4.78 is 10.5. The molecular weight excluding hydrogens is 216 g/mol. The molecule has 0 amide bonds. The van der Waals surface area contributed by atoms with Crippen LogP contribution in [0.2, 0.25) is 5.15 Å². The van der Waals surface area contributed by atoms with Gasteiger partial charge in [0.1, 0.15) is 17.4 Å². The van der Waals surface area contributed by atoms with Gasteiger partial charge in [0.2, 0.25) is 5.88 Å². The van der Waals surface area contributed by atoms with Crippen molar-refractivity contribution in [2.24, 2.45) is 0 Å². The van der Waals surface area contributed by atoms with Crippen LogP contribution in [0.4, 0.5) is 0 Å². The molecule has 0 saturated carbocycles. The number of hydrogen-bond acceptors (Lipinski definition) is 4. The van der Waals surface area contributed by atoms with Gasteiger partial charge in [0.25, 0.3) is 0 Å². The van der Waals surface area contributed by atoms with Gasteiger partial charge in [-0.25, -0.2) is 4.98 Å². The number of halogens is 1. The van der Waals surface area contributed by atoms with Crippen LogP contribution in [0.1, 0.15) is 26.6 Å². The van der Waals surface area contributed by atoms with E-state index >= 15 is 0 Å². The van der Waals surface area contributed by atoms with Crippen molar-refractivity contribution >= 4 is 11.6 Å². The minimum atomic E-state index is -0.304. The summed E-state index contributed by atoms with van der Waals surface area (Å²) in [6, 6.07) is 1.59. The maximum Gasteiger partial charge on any atom is 0.218 e. The molecule has 0 radical (unpaired) electrons. The van der Waals surface area contributed by atoms with E-state index in [9.17, 15) is 0 Å². The highest BCUT2D eigenvalue weighted by Gasteiger charge is 2.14. The lowest BCUT2D eigenvalue weighted by Gasteiger charge is -2.20. The fourth-order valence-corrected chi connectivity index (χ4v) is 1.19. The number of methoxy groups -OCH3 is 1. The molecule has 4 nitrogen and oxygen atoms in total. The molecule has 1 rings (SSSR count). The third-order valence-corrected chi connectivity index (χ3v) is 1.60. The van der Waals surface area contributed by atoms with Gasteiger partial charge in [-0.1, -0.05) is 11.6 Å². The third-order valence-electron chi connectivity index (χ3n) is 1.40. The zero-order chi connectivity index (χ0) is 11.5. The minimum absolute atomic E-state index is 0.304.